The average molecular weight is 813 g/mol. The summed E-state index contributed by atoms with van der Waals surface area (Å²) in [6.07, 6.45) is 3.67. The Balaban J connectivity index is 0.00000378. The Morgan fingerprint density at radius 2 is 1.63 bits per heavy atom. The second-order valence-corrected chi connectivity index (χ2v) is 11.7. The van der Waals surface area contributed by atoms with Crippen LogP contribution in [0.3, 0.4) is 0 Å². The molecule has 7 nitrogen and oxygen atoms in total. The predicted octanol–water partition coefficient (Wildman–Crippen LogP) is 9.84. The molecule has 0 atom stereocenters. The van der Waals surface area contributed by atoms with Gasteiger partial charge in [0.2, 0.25) is 0 Å². The normalized spacial score (nSPS) is 11.0. The van der Waals surface area contributed by atoms with Crippen molar-refractivity contribution < 1.29 is 21.1 Å². The molecule has 8 rings (SSSR count). The molecule has 4 aromatic heterocycles. The van der Waals surface area contributed by atoms with E-state index in [-0.39, 0.29) is 21.1 Å². The van der Waals surface area contributed by atoms with Crippen molar-refractivity contribution in [3.63, 3.8) is 0 Å². The Bertz CT molecular complexity index is 2620. The number of para-hydroxylation sites is 1. The minimum absolute atomic E-state index is 0. The van der Waals surface area contributed by atoms with Crippen molar-refractivity contribution in [2.75, 3.05) is 4.90 Å². The standard InChI is InChI=1S/C41H27N7.Pt/c1-26-27(2)46(4)40-25-45-37(23-35(26)40)29-19-30(43-3)21-33(20-29)47(31-10-6-5-7-11-31)32-14-15-34-36-18-28(24-42)13-16-38(36)48(39(34)22-32)41-12-8-9-17-44-41;/h5-19,21,23,25H,1-2,4H3;/q-2;+2. The summed E-state index contributed by atoms with van der Waals surface area (Å²) >= 11 is 0. The smallest absolute Gasteiger partial charge is 0.354 e. The van der Waals surface area contributed by atoms with Crippen molar-refractivity contribution in [1.29, 1.82) is 5.26 Å². The molecule has 0 radical (unpaired) electrons. The predicted molar refractivity (Wildman–Crippen MR) is 191 cm³/mol. The third-order valence-corrected chi connectivity index (χ3v) is 9.10. The maximum absolute atomic E-state index is 9.67. The number of anilines is 3. The quantitative estimate of drug-likeness (QED) is 0.163. The summed E-state index contributed by atoms with van der Waals surface area (Å²) < 4.78 is 4.23. The van der Waals surface area contributed by atoms with Crippen molar-refractivity contribution in [2.24, 2.45) is 7.05 Å². The summed E-state index contributed by atoms with van der Waals surface area (Å²) in [5.74, 6) is 0.749. The number of pyridine rings is 2. The zero-order chi connectivity index (χ0) is 32.9. The van der Waals surface area contributed by atoms with E-state index >= 15 is 0 Å². The molecule has 0 fully saturated rings. The van der Waals surface area contributed by atoms with Gasteiger partial charge < -0.3 is 19.0 Å². The Morgan fingerprint density at radius 1 is 0.816 bits per heavy atom. The zero-order valence-electron chi connectivity index (χ0n) is 26.8. The van der Waals surface area contributed by atoms with E-state index in [9.17, 15) is 5.26 Å². The Hall–Kier alpha value is -6.01. The Morgan fingerprint density at radius 3 is 2.39 bits per heavy atom. The molecule has 49 heavy (non-hydrogen) atoms. The largest absolute Gasteiger partial charge is 2.00 e. The van der Waals surface area contributed by atoms with Gasteiger partial charge in [-0.05, 0) is 84.0 Å². The van der Waals surface area contributed by atoms with E-state index in [2.05, 4.69) is 75.1 Å². The molecule has 0 saturated carbocycles. The molecule has 0 saturated heterocycles. The van der Waals surface area contributed by atoms with Crippen LogP contribution in [0.1, 0.15) is 16.8 Å². The number of hydrogen-bond donors (Lipinski definition) is 0. The van der Waals surface area contributed by atoms with Gasteiger partial charge in [0.25, 0.3) is 0 Å². The minimum atomic E-state index is 0. The van der Waals surface area contributed by atoms with Crippen molar-refractivity contribution in [3.8, 4) is 23.1 Å². The van der Waals surface area contributed by atoms with Crippen LogP contribution in [0.2, 0.25) is 0 Å². The van der Waals surface area contributed by atoms with E-state index < -0.39 is 0 Å². The number of aromatic nitrogens is 4. The fourth-order valence-corrected chi connectivity index (χ4v) is 6.49. The molecule has 0 aliphatic carbocycles. The molecule has 0 N–H and O–H groups in total. The van der Waals surface area contributed by atoms with Gasteiger partial charge in [0.1, 0.15) is 11.5 Å². The molecular formula is C41H27N7Pt. The van der Waals surface area contributed by atoms with Gasteiger partial charge in [-0.1, -0.05) is 41.5 Å². The summed E-state index contributed by atoms with van der Waals surface area (Å²) in [7, 11) is 2.05. The Kier molecular flexibility index (Phi) is 8.09. The maximum Gasteiger partial charge on any atom is 2.00 e. The molecule has 8 aromatic rings. The molecule has 4 heterocycles. The third-order valence-electron chi connectivity index (χ3n) is 9.10. The number of aryl methyl sites for hydroxylation is 2. The number of nitrogens with zero attached hydrogens (tertiary/aromatic N) is 7. The average Bonchev–Trinajstić information content (AvgIpc) is 3.57. The van der Waals surface area contributed by atoms with Gasteiger partial charge in [-0.2, -0.15) is 11.3 Å². The van der Waals surface area contributed by atoms with Crippen molar-refractivity contribution >= 4 is 55.5 Å². The first-order valence-electron chi connectivity index (χ1n) is 15.5. The van der Waals surface area contributed by atoms with E-state index in [1.807, 2.05) is 91.1 Å². The van der Waals surface area contributed by atoms with Crippen LogP contribution in [0.5, 0.6) is 0 Å². The van der Waals surface area contributed by atoms with Gasteiger partial charge in [-0.25, -0.2) is 4.98 Å². The fraction of sp³-hybridized carbons (Fsp3) is 0.0732. The van der Waals surface area contributed by atoms with Gasteiger partial charge in [-0.3, -0.25) is 4.85 Å². The molecule has 0 amide bonds. The van der Waals surface area contributed by atoms with Crippen LogP contribution in [-0.2, 0) is 28.1 Å². The van der Waals surface area contributed by atoms with Gasteiger partial charge >= 0.3 is 21.1 Å². The number of hydrogen-bond acceptors (Lipinski definition) is 4. The summed E-state index contributed by atoms with van der Waals surface area (Å²) in [4.78, 5) is 15.4. The number of nitriles is 1. The Labute approximate surface area is 298 Å². The molecule has 0 aliphatic rings. The van der Waals surface area contributed by atoms with E-state index in [0.717, 1.165) is 61.2 Å². The second-order valence-electron chi connectivity index (χ2n) is 11.7. The maximum atomic E-state index is 9.67. The minimum Gasteiger partial charge on any atom is -0.354 e. The molecule has 0 bridgehead atoms. The van der Waals surface area contributed by atoms with Crippen LogP contribution in [0.15, 0.2) is 109 Å². The van der Waals surface area contributed by atoms with Crippen LogP contribution >= 0.6 is 0 Å². The summed E-state index contributed by atoms with van der Waals surface area (Å²) in [6, 6.07) is 41.0. The molecule has 0 aliphatic heterocycles. The molecule has 0 spiro atoms. The van der Waals surface area contributed by atoms with Gasteiger partial charge in [-0.15, -0.1) is 41.3 Å². The first-order chi connectivity index (χ1) is 23.4. The monoisotopic (exact) mass is 812 g/mol. The number of fused-ring (bicyclic) bond motifs is 4. The number of rotatable bonds is 5. The third kappa shape index (κ3) is 5.26. The van der Waals surface area contributed by atoms with Crippen molar-refractivity contribution in [3.05, 3.63) is 150 Å². The molecular weight excluding hydrogens is 786 g/mol. The van der Waals surface area contributed by atoms with Crippen LogP contribution in [0.4, 0.5) is 22.7 Å². The second kappa shape index (κ2) is 12.5. The van der Waals surface area contributed by atoms with Crippen LogP contribution in [0, 0.1) is 43.9 Å². The molecule has 236 valence electrons. The first kappa shape index (κ1) is 31.6. The van der Waals surface area contributed by atoms with E-state index in [1.54, 1.807) is 6.20 Å². The topological polar surface area (TPSA) is 67.0 Å². The van der Waals surface area contributed by atoms with Crippen molar-refractivity contribution in [2.45, 2.75) is 13.8 Å². The summed E-state index contributed by atoms with van der Waals surface area (Å²) in [5, 5.41) is 12.7. The van der Waals surface area contributed by atoms with Crippen LogP contribution in [-0.4, -0.2) is 19.1 Å². The number of benzene rings is 4. The van der Waals surface area contributed by atoms with Crippen LogP contribution < -0.4 is 4.90 Å². The SMILES string of the molecule is [C-]#[N+]c1cc(-c2cc3c(C)c(C)n(C)c3cn2)[c-]c(N(c2[c-]c3c(cc2)c2cc(C#N)ccc2n3-c2ccccn2)c2ccccc2)c1.[Pt+2]. The molecule has 8 heteroatoms. The van der Waals surface area contributed by atoms with E-state index in [4.69, 9.17) is 11.6 Å². The van der Waals surface area contributed by atoms with Gasteiger partial charge in [0.05, 0.1) is 23.7 Å². The van der Waals surface area contributed by atoms with Crippen molar-refractivity contribution in [1.82, 2.24) is 19.1 Å². The first-order valence-corrected chi connectivity index (χ1v) is 15.5. The summed E-state index contributed by atoms with van der Waals surface area (Å²) in [5.41, 5.74) is 10.1. The van der Waals surface area contributed by atoms with Gasteiger partial charge in [0, 0.05) is 36.3 Å². The van der Waals surface area contributed by atoms with E-state index in [1.165, 1.54) is 11.3 Å². The van der Waals surface area contributed by atoms with E-state index in [0.29, 0.717) is 16.9 Å². The fourth-order valence-electron chi connectivity index (χ4n) is 6.49. The summed E-state index contributed by atoms with van der Waals surface area (Å²) in [6.45, 7) is 12.2. The van der Waals surface area contributed by atoms with Gasteiger partial charge in [0.15, 0.2) is 0 Å². The molecule has 0 unspecified atom stereocenters. The molecule has 4 aromatic carbocycles. The van der Waals surface area contributed by atoms with Crippen LogP contribution in [0.25, 0.3) is 54.6 Å². The zero-order valence-corrected chi connectivity index (χ0v) is 29.1.